The second kappa shape index (κ2) is 5.53. The number of rotatable bonds is 4. The molecule has 0 bridgehead atoms. The minimum absolute atomic E-state index is 0.276. The molecule has 0 atom stereocenters. The molecule has 1 aliphatic rings. The van der Waals surface area contributed by atoms with Crippen LogP contribution in [0.5, 0.6) is 0 Å². The molecule has 0 aromatic heterocycles. The highest BCUT2D eigenvalue weighted by Gasteiger charge is 2.49. The summed E-state index contributed by atoms with van der Waals surface area (Å²) in [5, 5.41) is 1.88. The lowest BCUT2D eigenvalue weighted by atomic mass is 9.85. The van der Waals surface area contributed by atoms with Crippen molar-refractivity contribution in [3.8, 4) is 0 Å². The van der Waals surface area contributed by atoms with Crippen LogP contribution in [-0.4, -0.2) is 30.2 Å². The Morgan fingerprint density at radius 2 is 1.67 bits per heavy atom. The van der Waals surface area contributed by atoms with Crippen molar-refractivity contribution in [2.75, 3.05) is 0 Å². The minimum Gasteiger partial charge on any atom is -0.369 e. The molecule has 1 aliphatic carbocycles. The van der Waals surface area contributed by atoms with Gasteiger partial charge >= 0.3 is 12.3 Å². The lowest BCUT2D eigenvalue weighted by molar-refractivity contribution is -0.170. The van der Waals surface area contributed by atoms with Crippen LogP contribution in [0.3, 0.4) is 0 Å². The van der Waals surface area contributed by atoms with Gasteiger partial charge in [-0.3, -0.25) is 9.59 Å². The van der Waals surface area contributed by atoms with Gasteiger partial charge in [-0.15, -0.1) is 0 Å². The van der Waals surface area contributed by atoms with Crippen LogP contribution in [0.1, 0.15) is 25.7 Å². The molecular weight excluding hydrogens is 256 g/mol. The van der Waals surface area contributed by atoms with Gasteiger partial charge in [-0.1, -0.05) is 0 Å². The number of primary amides is 1. The maximum atomic E-state index is 12.7. The number of carbonyl (C=O) groups is 2. The number of hydrogen-bond acceptors (Lipinski definition) is 2. The Balaban J connectivity index is 2.46. The number of nitrogens with two attached hydrogens (primary N) is 1. The summed E-state index contributed by atoms with van der Waals surface area (Å²) in [5.41, 5.74) is 5.08. The van der Waals surface area contributed by atoms with Crippen molar-refractivity contribution < 1.29 is 27.2 Å². The fourth-order valence-electron chi connectivity index (χ4n) is 1.90. The topological polar surface area (TPSA) is 72.2 Å². The summed E-state index contributed by atoms with van der Waals surface area (Å²) in [6.07, 6.45) is -2.75. The van der Waals surface area contributed by atoms with Crippen molar-refractivity contribution in [1.82, 2.24) is 5.32 Å². The SMILES string of the molecule is NC(=O)C1CCC(NC(=O)C(F)(F)C(F)F)CC1. The van der Waals surface area contributed by atoms with Gasteiger partial charge in [0.1, 0.15) is 0 Å². The minimum atomic E-state index is -4.68. The second-order valence-corrected chi connectivity index (χ2v) is 4.35. The molecule has 0 aromatic rings. The molecule has 1 rings (SSSR count). The van der Waals surface area contributed by atoms with E-state index in [0.717, 1.165) is 0 Å². The maximum absolute atomic E-state index is 12.7. The van der Waals surface area contributed by atoms with Gasteiger partial charge in [-0.25, -0.2) is 8.78 Å². The molecule has 0 radical (unpaired) electrons. The zero-order valence-electron chi connectivity index (χ0n) is 9.47. The first-order chi connectivity index (χ1) is 8.25. The fourth-order valence-corrected chi connectivity index (χ4v) is 1.90. The molecule has 104 valence electrons. The van der Waals surface area contributed by atoms with Gasteiger partial charge < -0.3 is 11.1 Å². The smallest absolute Gasteiger partial charge is 0.369 e. The lowest BCUT2D eigenvalue weighted by Gasteiger charge is -2.28. The van der Waals surface area contributed by atoms with E-state index in [-0.39, 0.29) is 18.8 Å². The molecule has 8 heteroatoms. The Kier molecular flexibility index (Phi) is 4.53. The third-order valence-electron chi connectivity index (χ3n) is 3.04. The predicted octanol–water partition coefficient (Wildman–Crippen LogP) is 1.05. The Labute approximate surface area is 101 Å². The maximum Gasteiger partial charge on any atom is 0.383 e. The molecular formula is C10H14F4N2O2. The van der Waals surface area contributed by atoms with Crippen molar-refractivity contribution in [1.29, 1.82) is 0 Å². The average Bonchev–Trinajstić information content (AvgIpc) is 2.29. The molecule has 0 heterocycles. The second-order valence-electron chi connectivity index (χ2n) is 4.35. The molecule has 1 fully saturated rings. The first kappa shape index (κ1) is 14.7. The molecule has 0 spiro atoms. The number of nitrogens with one attached hydrogen (secondary N) is 1. The molecule has 3 N–H and O–H groups in total. The van der Waals surface area contributed by atoms with Crippen LogP contribution in [0.25, 0.3) is 0 Å². The molecule has 2 amide bonds. The normalized spacial score (nSPS) is 24.9. The molecule has 1 saturated carbocycles. The van der Waals surface area contributed by atoms with E-state index in [4.69, 9.17) is 5.73 Å². The predicted molar refractivity (Wildman–Crippen MR) is 54.0 cm³/mol. The van der Waals surface area contributed by atoms with Gasteiger partial charge in [0, 0.05) is 12.0 Å². The summed E-state index contributed by atoms with van der Waals surface area (Å²) in [6.45, 7) is 0. The van der Waals surface area contributed by atoms with Crippen molar-refractivity contribution in [3.05, 3.63) is 0 Å². The van der Waals surface area contributed by atoms with Crippen molar-refractivity contribution in [2.45, 2.75) is 44.1 Å². The van der Waals surface area contributed by atoms with Gasteiger partial charge in [0.2, 0.25) is 5.91 Å². The highest BCUT2D eigenvalue weighted by Crippen LogP contribution is 2.27. The Morgan fingerprint density at radius 1 is 1.17 bits per heavy atom. The zero-order valence-corrected chi connectivity index (χ0v) is 9.47. The number of carbonyl (C=O) groups excluding carboxylic acids is 2. The lowest BCUT2D eigenvalue weighted by Crippen LogP contribution is -2.50. The largest absolute Gasteiger partial charge is 0.383 e. The standard InChI is InChI=1S/C10H14F4N2O2/c11-8(12)10(13,14)9(18)16-6-3-1-5(2-4-6)7(15)17/h5-6,8H,1-4H2,(H2,15,17)(H,16,18). The first-order valence-electron chi connectivity index (χ1n) is 5.51. The van der Waals surface area contributed by atoms with Crippen molar-refractivity contribution in [3.63, 3.8) is 0 Å². The summed E-state index contributed by atoms with van der Waals surface area (Å²) in [4.78, 5) is 21.8. The van der Waals surface area contributed by atoms with E-state index in [2.05, 4.69) is 0 Å². The summed E-state index contributed by atoms with van der Waals surface area (Å²) in [5.74, 6) is -7.47. The monoisotopic (exact) mass is 270 g/mol. The number of halogens is 4. The quantitative estimate of drug-likeness (QED) is 0.749. The van der Waals surface area contributed by atoms with Gasteiger partial charge in [-0.05, 0) is 25.7 Å². The Hall–Kier alpha value is -1.34. The molecule has 18 heavy (non-hydrogen) atoms. The van der Waals surface area contributed by atoms with Gasteiger partial charge in [0.05, 0.1) is 0 Å². The van der Waals surface area contributed by atoms with Crippen molar-refractivity contribution >= 4 is 11.8 Å². The van der Waals surface area contributed by atoms with Crippen LogP contribution in [0.15, 0.2) is 0 Å². The van der Waals surface area contributed by atoms with Crippen LogP contribution in [-0.2, 0) is 9.59 Å². The highest BCUT2D eigenvalue weighted by molar-refractivity contribution is 5.84. The number of alkyl halides is 4. The Bertz CT molecular complexity index is 328. The van der Waals surface area contributed by atoms with E-state index in [1.54, 1.807) is 0 Å². The van der Waals surface area contributed by atoms with E-state index in [0.29, 0.717) is 12.8 Å². The molecule has 0 aromatic carbocycles. The van der Waals surface area contributed by atoms with Crippen LogP contribution in [0.4, 0.5) is 17.6 Å². The average molecular weight is 270 g/mol. The number of hydrogen-bond donors (Lipinski definition) is 2. The van der Waals surface area contributed by atoms with Crippen LogP contribution < -0.4 is 11.1 Å². The fraction of sp³-hybridized carbons (Fsp3) is 0.800. The zero-order chi connectivity index (χ0) is 13.9. The van der Waals surface area contributed by atoms with Crippen LogP contribution in [0, 0.1) is 5.92 Å². The van der Waals surface area contributed by atoms with E-state index >= 15 is 0 Å². The summed E-state index contributed by atoms with van der Waals surface area (Å²) < 4.78 is 49.2. The summed E-state index contributed by atoms with van der Waals surface area (Å²) in [6, 6.07) is -0.613. The summed E-state index contributed by atoms with van der Waals surface area (Å²) in [7, 11) is 0. The third-order valence-corrected chi connectivity index (χ3v) is 3.04. The van der Waals surface area contributed by atoms with Crippen LogP contribution >= 0.6 is 0 Å². The van der Waals surface area contributed by atoms with Gasteiger partial charge in [0.15, 0.2) is 0 Å². The Morgan fingerprint density at radius 3 is 2.06 bits per heavy atom. The molecule has 0 unspecified atom stereocenters. The number of amides is 2. The van der Waals surface area contributed by atoms with E-state index in [9.17, 15) is 27.2 Å². The molecule has 0 saturated heterocycles. The first-order valence-corrected chi connectivity index (χ1v) is 5.51. The van der Waals surface area contributed by atoms with E-state index in [1.165, 1.54) is 0 Å². The molecule has 0 aliphatic heterocycles. The van der Waals surface area contributed by atoms with E-state index in [1.807, 2.05) is 5.32 Å². The third kappa shape index (κ3) is 3.33. The van der Waals surface area contributed by atoms with Gasteiger partial charge in [-0.2, -0.15) is 8.78 Å². The summed E-state index contributed by atoms with van der Waals surface area (Å²) >= 11 is 0. The van der Waals surface area contributed by atoms with Crippen molar-refractivity contribution in [2.24, 2.45) is 11.7 Å². The van der Waals surface area contributed by atoms with E-state index < -0.39 is 30.2 Å². The highest BCUT2D eigenvalue weighted by atomic mass is 19.3. The molecule has 4 nitrogen and oxygen atoms in total. The van der Waals surface area contributed by atoms with Gasteiger partial charge in [0.25, 0.3) is 5.91 Å². The van der Waals surface area contributed by atoms with Crippen LogP contribution in [0.2, 0.25) is 0 Å².